The quantitative estimate of drug-likeness (QED) is 0.705. The molecule has 20 heavy (non-hydrogen) atoms. The molecule has 0 fully saturated rings. The van der Waals surface area contributed by atoms with Gasteiger partial charge in [-0.25, -0.2) is 13.2 Å². The van der Waals surface area contributed by atoms with Gasteiger partial charge in [0.1, 0.15) is 4.90 Å². The number of carboxylic acids is 1. The summed E-state index contributed by atoms with van der Waals surface area (Å²) in [7, 11) is -2.27. The van der Waals surface area contributed by atoms with Crippen LogP contribution in [-0.2, 0) is 17.1 Å². The van der Waals surface area contributed by atoms with Gasteiger partial charge in [-0.15, -0.1) is 0 Å². The molecule has 0 saturated heterocycles. The number of carboxylic acid groups (broad SMARTS) is 1. The first kappa shape index (κ1) is 13.9. The molecule has 0 radical (unpaired) electrons. The van der Waals surface area contributed by atoms with Crippen LogP contribution in [0.5, 0.6) is 0 Å². The summed E-state index contributed by atoms with van der Waals surface area (Å²) in [5.74, 6) is -1.03. The second-order valence-corrected chi connectivity index (χ2v) is 5.69. The molecule has 0 unspecified atom stereocenters. The Balaban J connectivity index is 2.37. The summed E-state index contributed by atoms with van der Waals surface area (Å²) in [5, 5.41) is 12.7. The van der Waals surface area contributed by atoms with Crippen LogP contribution in [0.2, 0.25) is 0 Å². The minimum Gasteiger partial charge on any atom is -0.478 e. The number of aryl methyl sites for hydroxylation is 1. The van der Waals surface area contributed by atoms with Gasteiger partial charge in [-0.05, 0) is 18.2 Å². The largest absolute Gasteiger partial charge is 0.478 e. The van der Waals surface area contributed by atoms with Crippen molar-refractivity contribution < 1.29 is 18.3 Å². The molecule has 0 saturated carbocycles. The average molecular weight is 296 g/mol. The van der Waals surface area contributed by atoms with E-state index < -0.39 is 16.0 Å². The molecule has 0 aliphatic rings. The van der Waals surface area contributed by atoms with E-state index in [0.717, 1.165) is 12.1 Å². The van der Waals surface area contributed by atoms with E-state index in [4.69, 9.17) is 10.8 Å². The highest BCUT2D eigenvalue weighted by Crippen LogP contribution is 2.22. The van der Waals surface area contributed by atoms with Crippen LogP contribution < -0.4 is 10.5 Å². The first-order valence-corrected chi connectivity index (χ1v) is 6.93. The molecule has 2 rings (SSSR count). The molecule has 0 aliphatic heterocycles. The Morgan fingerprint density at radius 3 is 2.60 bits per heavy atom. The summed E-state index contributed by atoms with van der Waals surface area (Å²) in [6.07, 6.45) is 1.58. The van der Waals surface area contributed by atoms with Gasteiger partial charge in [-0.3, -0.25) is 9.40 Å². The Morgan fingerprint density at radius 1 is 1.40 bits per heavy atom. The second kappa shape index (κ2) is 4.85. The van der Waals surface area contributed by atoms with Crippen molar-refractivity contribution in [1.82, 2.24) is 9.78 Å². The third-order valence-electron chi connectivity index (χ3n) is 2.50. The molecule has 106 valence electrons. The molecule has 4 N–H and O–H groups in total. The molecule has 0 atom stereocenters. The highest BCUT2D eigenvalue weighted by atomic mass is 32.2. The topological polar surface area (TPSA) is 127 Å². The average Bonchev–Trinajstić information content (AvgIpc) is 2.73. The number of benzene rings is 1. The monoisotopic (exact) mass is 296 g/mol. The van der Waals surface area contributed by atoms with Crippen LogP contribution in [-0.4, -0.2) is 29.3 Å². The Hall–Kier alpha value is -2.55. The number of nitrogens with two attached hydrogens (primary N) is 1. The Kier molecular flexibility index (Phi) is 3.36. The van der Waals surface area contributed by atoms with Crippen molar-refractivity contribution in [3.05, 3.63) is 36.0 Å². The molecule has 2 aromatic rings. The summed E-state index contributed by atoms with van der Waals surface area (Å²) >= 11 is 0. The van der Waals surface area contributed by atoms with E-state index >= 15 is 0 Å². The van der Waals surface area contributed by atoms with Crippen LogP contribution in [0.3, 0.4) is 0 Å². The zero-order chi connectivity index (χ0) is 14.9. The van der Waals surface area contributed by atoms with Crippen LogP contribution in [0, 0.1) is 0 Å². The van der Waals surface area contributed by atoms with Gasteiger partial charge in [0.25, 0.3) is 10.0 Å². The summed E-state index contributed by atoms with van der Waals surface area (Å²) in [4.78, 5) is 10.6. The number of sulfonamides is 1. The van der Waals surface area contributed by atoms with Gasteiger partial charge < -0.3 is 10.8 Å². The zero-order valence-electron chi connectivity index (χ0n) is 10.4. The second-order valence-electron chi connectivity index (χ2n) is 4.04. The van der Waals surface area contributed by atoms with Gasteiger partial charge in [-0.2, -0.15) is 5.10 Å². The van der Waals surface area contributed by atoms with E-state index in [1.807, 2.05) is 0 Å². The van der Waals surface area contributed by atoms with Gasteiger partial charge in [0, 0.05) is 19.3 Å². The van der Waals surface area contributed by atoms with Crippen molar-refractivity contribution in [3.63, 3.8) is 0 Å². The number of hydrogen-bond acceptors (Lipinski definition) is 5. The molecule has 0 aliphatic carbocycles. The van der Waals surface area contributed by atoms with Crippen LogP contribution in [0.1, 0.15) is 10.4 Å². The lowest BCUT2D eigenvalue weighted by Crippen LogP contribution is -2.16. The maximum absolute atomic E-state index is 12.1. The Morgan fingerprint density at radius 2 is 2.10 bits per heavy atom. The van der Waals surface area contributed by atoms with Gasteiger partial charge in [-0.1, -0.05) is 0 Å². The van der Waals surface area contributed by atoms with E-state index in [0.29, 0.717) is 0 Å². The normalized spacial score (nSPS) is 11.2. The first-order valence-electron chi connectivity index (χ1n) is 5.45. The molecule has 9 heteroatoms. The summed E-state index contributed by atoms with van der Waals surface area (Å²) < 4.78 is 27.9. The van der Waals surface area contributed by atoms with Gasteiger partial charge >= 0.3 is 5.97 Å². The molecule has 0 amide bonds. The lowest BCUT2D eigenvalue weighted by Gasteiger charge is -2.08. The van der Waals surface area contributed by atoms with Gasteiger partial charge in [0.05, 0.1) is 11.3 Å². The van der Waals surface area contributed by atoms with Crippen molar-refractivity contribution in [2.75, 3.05) is 10.5 Å². The predicted octanol–water partition coefficient (Wildman–Crippen LogP) is 0.501. The van der Waals surface area contributed by atoms with Crippen LogP contribution in [0.15, 0.2) is 35.4 Å². The molecule has 1 aromatic heterocycles. The number of hydrogen-bond donors (Lipinski definition) is 3. The number of carbonyl (C=O) groups is 1. The number of nitrogen functional groups attached to an aromatic ring is 1. The summed E-state index contributed by atoms with van der Waals surface area (Å²) in [6.45, 7) is 0. The summed E-state index contributed by atoms with van der Waals surface area (Å²) in [6, 6.07) is 4.89. The number of rotatable bonds is 4. The van der Waals surface area contributed by atoms with Crippen molar-refractivity contribution in [1.29, 1.82) is 0 Å². The van der Waals surface area contributed by atoms with Crippen molar-refractivity contribution in [2.45, 2.75) is 4.90 Å². The fraction of sp³-hybridized carbons (Fsp3) is 0.0909. The van der Waals surface area contributed by atoms with E-state index in [1.165, 1.54) is 16.8 Å². The molecule has 0 spiro atoms. The Bertz CT molecular complexity index is 766. The lowest BCUT2D eigenvalue weighted by molar-refractivity contribution is 0.0697. The minimum atomic E-state index is -3.92. The molecule has 1 aromatic carbocycles. The van der Waals surface area contributed by atoms with E-state index in [-0.39, 0.29) is 22.0 Å². The van der Waals surface area contributed by atoms with Crippen LogP contribution in [0.4, 0.5) is 11.5 Å². The summed E-state index contributed by atoms with van der Waals surface area (Å²) in [5.41, 5.74) is 5.37. The molecule has 0 bridgehead atoms. The third-order valence-corrected chi connectivity index (χ3v) is 3.93. The minimum absolute atomic E-state index is 0.0840. The van der Waals surface area contributed by atoms with E-state index in [1.54, 1.807) is 13.2 Å². The van der Waals surface area contributed by atoms with Gasteiger partial charge in [0.15, 0.2) is 5.82 Å². The number of nitrogens with one attached hydrogen (secondary N) is 1. The maximum atomic E-state index is 12.1. The fourth-order valence-corrected chi connectivity index (χ4v) is 2.70. The highest BCUT2D eigenvalue weighted by Gasteiger charge is 2.19. The smallest absolute Gasteiger partial charge is 0.335 e. The van der Waals surface area contributed by atoms with Gasteiger partial charge in [0.2, 0.25) is 0 Å². The van der Waals surface area contributed by atoms with E-state index in [2.05, 4.69) is 9.82 Å². The molecule has 1 heterocycles. The van der Waals surface area contributed by atoms with Crippen molar-refractivity contribution in [3.8, 4) is 0 Å². The number of nitrogens with zero attached hydrogens (tertiary/aromatic N) is 2. The first-order chi connectivity index (χ1) is 9.29. The van der Waals surface area contributed by atoms with E-state index in [9.17, 15) is 13.2 Å². The predicted molar refractivity (Wildman–Crippen MR) is 71.8 cm³/mol. The molecular formula is C11H12N4O4S. The van der Waals surface area contributed by atoms with Crippen LogP contribution >= 0.6 is 0 Å². The molecule has 8 nitrogen and oxygen atoms in total. The third kappa shape index (κ3) is 2.72. The number of aromatic nitrogens is 2. The standard InChI is InChI=1S/C11H12N4O4S/c1-15-5-4-10(13-15)14-20(18,19)9-3-2-7(11(16)17)6-8(9)12/h2-6H,12H2,1H3,(H,13,14)(H,16,17). The Labute approximate surface area is 114 Å². The maximum Gasteiger partial charge on any atom is 0.335 e. The zero-order valence-corrected chi connectivity index (χ0v) is 11.3. The molecular weight excluding hydrogens is 284 g/mol. The van der Waals surface area contributed by atoms with Crippen molar-refractivity contribution in [2.24, 2.45) is 7.05 Å². The van der Waals surface area contributed by atoms with Crippen molar-refractivity contribution >= 4 is 27.5 Å². The SMILES string of the molecule is Cn1ccc(NS(=O)(=O)c2ccc(C(=O)O)cc2N)n1. The lowest BCUT2D eigenvalue weighted by atomic mass is 10.2. The highest BCUT2D eigenvalue weighted by molar-refractivity contribution is 7.92. The number of aromatic carboxylic acids is 1. The number of anilines is 2. The fourth-order valence-electron chi connectivity index (χ4n) is 1.59. The van der Waals surface area contributed by atoms with Crippen LogP contribution in [0.25, 0.3) is 0 Å².